The number of hydrogen-bond acceptors (Lipinski definition) is 3. The van der Waals surface area contributed by atoms with Gasteiger partial charge in [0.1, 0.15) is 0 Å². The van der Waals surface area contributed by atoms with Gasteiger partial charge in [0.25, 0.3) is 0 Å². The summed E-state index contributed by atoms with van der Waals surface area (Å²) in [6.45, 7) is 3.77. The van der Waals surface area contributed by atoms with Gasteiger partial charge < -0.3 is 0 Å². The van der Waals surface area contributed by atoms with Gasteiger partial charge in [-0.05, 0) is 13.8 Å². The second kappa shape index (κ2) is 5.09. The SMILES string of the molecule is Br.Cc1nc(C)c(C(=O)CBr)s1. The predicted octanol–water partition coefficient (Wildman–Crippen LogP) is 2.92. The molecule has 0 atom stereocenters. The summed E-state index contributed by atoms with van der Waals surface area (Å²) in [5.41, 5.74) is 0.844. The Morgan fingerprint density at radius 2 is 2.17 bits per heavy atom. The van der Waals surface area contributed by atoms with E-state index in [1.165, 1.54) is 11.3 Å². The fourth-order valence-electron chi connectivity index (χ4n) is 0.851. The first kappa shape index (κ1) is 12.3. The van der Waals surface area contributed by atoms with E-state index in [0.717, 1.165) is 15.6 Å². The van der Waals surface area contributed by atoms with E-state index in [1.54, 1.807) is 0 Å². The first-order valence-corrected chi connectivity index (χ1v) is 5.12. The zero-order valence-electron chi connectivity index (χ0n) is 6.76. The van der Waals surface area contributed by atoms with Gasteiger partial charge in [0.2, 0.25) is 0 Å². The molecule has 1 aromatic rings. The van der Waals surface area contributed by atoms with Crippen molar-refractivity contribution in [2.75, 3.05) is 5.33 Å². The molecule has 0 spiro atoms. The summed E-state index contributed by atoms with van der Waals surface area (Å²) in [5, 5.41) is 1.34. The zero-order valence-corrected chi connectivity index (χ0v) is 10.9. The molecule has 0 aliphatic rings. The Kier molecular flexibility index (Phi) is 5.20. The van der Waals surface area contributed by atoms with E-state index < -0.39 is 0 Å². The molecule has 0 unspecified atom stereocenters. The molecule has 0 aromatic carbocycles. The molecule has 0 radical (unpaired) electrons. The number of aromatic nitrogens is 1. The van der Waals surface area contributed by atoms with E-state index in [4.69, 9.17) is 0 Å². The Morgan fingerprint density at radius 3 is 2.50 bits per heavy atom. The Balaban J connectivity index is 0.00000121. The van der Waals surface area contributed by atoms with E-state index in [9.17, 15) is 4.79 Å². The summed E-state index contributed by atoms with van der Waals surface area (Å²) in [4.78, 5) is 16.1. The van der Waals surface area contributed by atoms with Gasteiger partial charge in [-0.1, -0.05) is 15.9 Å². The molecule has 0 saturated heterocycles. The molecular weight excluding hydrogens is 306 g/mol. The number of Topliss-reactive ketones (excluding diaryl/α,β-unsaturated/α-hetero) is 1. The highest BCUT2D eigenvalue weighted by Crippen LogP contribution is 2.17. The third-order valence-corrected chi connectivity index (χ3v) is 2.90. The second-order valence-electron chi connectivity index (χ2n) is 2.20. The van der Waals surface area contributed by atoms with E-state index in [0.29, 0.717) is 5.33 Å². The topological polar surface area (TPSA) is 30.0 Å². The lowest BCUT2D eigenvalue weighted by Gasteiger charge is -1.89. The van der Waals surface area contributed by atoms with Crippen LogP contribution in [0.4, 0.5) is 0 Å². The summed E-state index contributed by atoms with van der Waals surface area (Å²) in [5.74, 6) is 0.119. The van der Waals surface area contributed by atoms with Gasteiger partial charge in [-0.3, -0.25) is 4.79 Å². The van der Waals surface area contributed by atoms with Crippen LogP contribution in [0.5, 0.6) is 0 Å². The van der Waals surface area contributed by atoms with Gasteiger partial charge in [0.05, 0.1) is 20.9 Å². The third-order valence-electron chi connectivity index (χ3n) is 1.28. The number of carbonyl (C=O) groups is 1. The van der Waals surface area contributed by atoms with Gasteiger partial charge in [0.15, 0.2) is 5.78 Å². The number of carbonyl (C=O) groups excluding carboxylic acids is 1. The molecular formula is C7H9Br2NOS. The number of aryl methyl sites for hydroxylation is 2. The van der Waals surface area contributed by atoms with Crippen LogP contribution in [0.25, 0.3) is 0 Å². The molecule has 12 heavy (non-hydrogen) atoms. The molecule has 0 aliphatic carbocycles. The molecule has 1 rings (SSSR count). The van der Waals surface area contributed by atoms with Crippen molar-refractivity contribution in [1.29, 1.82) is 0 Å². The maximum atomic E-state index is 11.2. The standard InChI is InChI=1S/C7H8BrNOS.BrH/c1-4-7(6(10)3-8)11-5(2)9-4;/h3H2,1-2H3;1H. The molecule has 2 nitrogen and oxygen atoms in total. The minimum absolute atomic E-state index is 0. The largest absolute Gasteiger partial charge is 0.292 e. The highest BCUT2D eigenvalue weighted by Gasteiger charge is 2.11. The fourth-order valence-corrected chi connectivity index (χ4v) is 2.17. The van der Waals surface area contributed by atoms with Crippen LogP contribution in [0.15, 0.2) is 0 Å². The van der Waals surface area contributed by atoms with Crippen LogP contribution >= 0.6 is 44.2 Å². The molecule has 0 saturated carbocycles. The number of rotatable bonds is 2. The highest BCUT2D eigenvalue weighted by atomic mass is 79.9. The van der Waals surface area contributed by atoms with Crippen LogP contribution in [-0.2, 0) is 0 Å². The van der Waals surface area contributed by atoms with Crippen molar-refractivity contribution >= 4 is 50.0 Å². The van der Waals surface area contributed by atoms with E-state index in [1.807, 2.05) is 13.8 Å². The third kappa shape index (κ3) is 2.64. The smallest absolute Gasteiger partial charge is 0.185 e. The van der Waals surface area contributed by atoms with Crippen molar-refractivity contribution in [3.63, 3.8) is 0 Å². The summed E-state index contributed by atoms with van der Waals surface area (Å²) in [6.07, 6.45) is 0. The van der Waals surface area contributed by atoms with Crippen LogP contribution in [0.1, 0.15) is 20.4 Å². The van der Waals surface area contributed by atoms with Crippen molar-refractivity contribution < 1.29 is 4.79 Å². The van der Waals surface area contributed by atoms with Crippen LogP contribution in [0.3, 0.4) is 0 Å². The second-order valence-corrected chi connectivity index (χ2v) is 3.97. The van der Waals surface area contributed by atoms with Gasteiger partial charge >= 0.3 is 0 Å². The minimum Gasteiger partial charge on any atom is -0.292 e. The normalized spacial score (nSPS) is 9.25. The molecule has 0 amide bonds. The summed E-state index contributed by atoms with van der Waals surface area (Å²) in [7, 11) is 0. The molecule has 0 N–H and O–H groups in total. The molecule has 0 aliphatic heterocycles. The molecule has 0 bridgehead atoms. The number of hydrogen-bond donors (Lipinski definition) is 0. The minimum atomic E-state index is 0. The van der Waals surface area contributed by atoms with E-state index in [-0.39, 0.29) is 22.8 Å². The number of ketones is 1. The van der Waals surface area contributed by atoms with Gasteiger partial charge in [-0.2, -0.15) is 0 Å². The van der Waals surface area contributed by atoms with E-state index >= 15 is 0 Å². The number of thiazole rings is 1. The Bertz CT molecular complexity index is 285. The first-order valence-electron chi connectivity index (χ1n) is 3.18. The summed E-state index contributed by atoms with van der Waals surface area (Å²) >= 11 is 4.58. The molecule has 1 aromatic heterocycles. The Labute approximate surface area is 94.3 Å². The average Bonchev–Trinajstić information content (AvgIpc) is 2.28. The number of nitrogens with zero attached hydrogens (tertiary/aromatic N) is 1. The summed E-state index contributed by atoms with van der Waals surface area (Å²) in [6, 6.07) is 0. The lowest BCUT2D eigenvalue weighted by atomic mass is 10.3. The predicted molar refractivity (Wildman–Crippen MR) is 60.0 cm³/mol. The molecule has 5 heteroatoms. The quantitative estimate of drug-likeness (QED) is 0.620. The van der Waals surface area contributed by atoms with Crippen LogP contribution in [-0.4, -0.2) is 16.1 Å². The maximum absolute atomic E-state index is 11.2. The highest BCUT2D eigenvalue weighted by molar-refractivity contribution is 9.09. The van der Waals surface area contributed by atoms with Gasteiger partial charge in [0, 0.05) is 0 Å². The van der Waals surface area contributed by atoms with Gasteiger partial charge in [-0.15, -0.1) is 28.3 Å². The van der Waals surface area contributed by atoms with Crippen LogP contribution < -0.4 is 0 Å². The Hall–Kier alpha value is 0.260. The Morgan fingerprint density at radius 1 is 1.58 bits per heavy atom. The number of alkyl halides is 1. The van der Waals surface area contributed by atoms with Gasteiger partial charge in [-0.25, -0.2) is 4.98 Å². The lowest BCUT2D eigenvalue weighted by Crippen LogP contribution is -1.98. The molecule has 1 heterocycles. The van der Waals surface area contributed by atoms with Crippen molar-refractivity contribution in [2.45, 2.75) is 13.8 Å². The molecule has 68 valence electrons. The summed E-state index contributed by atoms with van der Waals surface area (Å²) < 4.78 is 0. The maximum Gasteiger partial charge on any atom is 0.185 e. The average molecular weight is 315 g/mol. The van der Waals surface area contributed by atoms with E-state index in [2.05, 4.69) is 20.9 Å². The van der Waals surface area contributed by atoms with Crippen LogP contribution in [0, 0.1) is 13.8 Å². The van der Waals surface area contributed by atoms with Crippen molar-refractivity contribution in [2.24, 2.45) is 0 Å². The monoisotopic (exact) mass is 313 g/mol. The van der Waals surface area contributed by atoms with Crippen molar-refractivity contribution in [1.82, 2.24) is 4.98 Å². The van der Waals surface area contributed by atoms with Crippen molar-refractivity contribution in [3.05, 3.63) is 15.6 Å². The fraction of sp³-hybridized carbons (Fsp3) is 0.429. The number of halogens is 2. The molecule has 0 fully saturated rings. The van der Waals surface area contributed by atoms with Crippen molar-refractivity contribution in [3.8, 4) is 0 Å². The zero-order chi connectivity index (χ0) is 8.43. The first-order chi connectivity index (χ1) is 5.15. The lowest BCUT2D eigenvalue weighted by molar-refractivity contribution is 0.102. The van der Waals surface area contributed by atoms with Crippen LogP contribution in [0.2, 0.25) is 0 Å².